The number of aryl methyl sites for hydroxylation is 1. The SMILES string of the molecule is Cc1cc(N)nc(SCC(=O)Nc2c(C#N)c(C)c(C)n2-c2ccc(F)cc2)n1. The first-order valence-electron chi connectivity index (χ1n) is 8.72. The fourth-order valence-electron chi connectivity index (χ4n) is 2.90. The lowest BCUT2D eigenvalue weighted by Gasteiger charge is -2.13. The summed E-state index contributed by atoms with van der Waals surface area (Å²) in [7, 11) is 0. The summed E-state index contributed by atoms with van der Waals surface area (Å²) in [4.78, 5) is 20.9. The molecule has 1 amide bonds. The minimum Gasteiger partial charge on any atom is -0.384 e. The fourth-order valence-corrected chi connectivity index (χ4v) is 3.61. The number of halogens is 1. The van der Waals surface area contributed by atoms with Crippen molar-refractivity contribution < 1.29 is 9.18 Å². The number of rotatable bonds is 5. The number of amides is 1. The van der Waals surface area contributed by atoms with Crippen LogP contribution in [-0.2, 0) is 4.79 Å². The first-order chi connectivity index (χ1) is 13.8. The third kappa shape index (κ3) is 4.38. The van der Waals surface area contributed by atoms with Crippen LogP contribution in [0.2, 0.25) is 0 Å². The molecule has 0 radical (unpaired) electrons. The van der Waals surface area contributed by atoms with Gasteiger partial charge in [-0.2, -0.15) is 5.26 Å². The molecule has 7 nitrogen and oxygen atoms in total. The predicted octanol–water partition coefficient (Wildman–Crippen LogP) is 3.52. The van der Waals surface area contributed by atoms with Crippen molar-refractivity contribution in [3.8, 4) is 11.8 Å². The Morgan fingerprint density at radius 1 is 1.28 bits per heavy atom. The monoisotopic (exact) mass is 410 g/mol. The molecular formula is C20H19FN6OS. The highest BCUT2D eigenvalue weighted by atomic mass is 32.2. The summed E-state index contributed by atoms with van der Waals surface area (Å²) in [6.45, 7) is 5.44. The van der Waals surface area contributed by atoms with Crippen molar-refractivity contribution in [2.45, 2.75) is 25.9 Å². The maximum atomic E-state index is 13.3. The summed E-state index contributed by atoms with van der Waals surface area (Å²) in [5.41, 5.74) is 8.96. The molecule has 0 saturated heterocycles. The van der Waals surface area contributed by atoms with E-state index in [4.69, 9.17) is 5.73 Å². The molecule has 1 aromatic carbocycles. The normalized spacial score (nSPS) is 10.6. The molecule has 9 heteroatoms. The molecule has 0 saturated carbocycles. The lowest BCUT2D eigenvalue weighted by Crippen LogP contribution is -2.18. The first-order valence-corrected chi connectivity index (χ1v) is 9.70. The van der Waals surface area contributed by atoms with Crippen LogP contribution in [-0.4, -0.2) is 26.2 Å². The van der Waals surface area contributed by atoms with E-state index in [1.165, 1.54) is 12.1 Å². The second-order valence-electron chi connectivity index (χ2n) is 6.41. The molecule has 0 aliphatic carbocycles. The molecule has 2 aromatic heterocycles. The van der Waals surface area contributed by atoms with Gasteiger partial charge < -0.3 is 11.1 Å². The van der Waals surface area contributed by atoms with E-state index < -0.39 is 0 Å². The maximum absolute atomic E-state index is 13.3. The van der Waals surface area contributed by atoms with Crippen LogP contribution in [0.25, 0.3) is 5.69 Å². The van der Waals surface area contributed by atoms with Gasteiger partial charge in [-0.05, 0) is 50.6 Å². The second-order valence-corrected chi connectivity index (χ2v) is 7.35. The van der Waals surface area contributed by atoms with Crippen molar-refractivity contribution in [3.63, 3.8) is 0 Å². The molecule has 0 unspecified atom stereocenters. The van der Waals surface area contributed by atoms with Gasteiger partial charge in [0.15, 0.2) is 5.16 Å². The Morgan fingerprint density at radius 2 is 1.97 bits per heavy atom. The average molecular weight is 410 g/mol. The van der Waals surface area contributed by atoms with Crippen molar-refractivity contribution in [1.29, 1.82) is 5.26 Å². The number of hydrogen-bond donors (Lipinski definition) is 2. The zero-order chi connectivity index (χ0) is 21.1. The van der Waals surface area contributed by atoms with Gasteiger partial charge in [-0.25, -0.2) is 14.4 Å². The Labute approximate surface area is 171 Å². The molecule has 3 aromatic rings. The Balaban J connectivity index is 1.87. The van der Waals surface area contributed by atoms with Crippen LogP contribution < -0.4 is 11.1 Å². The molecule has 0 bridgehead atoms. The largest absolute Gasteiger partial charge is 0.384 e. The van der Waals surface area contributed by atoms with Crippen molar-refractivity contribution in [2.24, 2.45) is 0 Å². The van der Waals surface area contributed by atoms with E-state index in [0.717, 1.165) is 23.0 Å². The van der Waals surface area contributed by atoms with Gasteiger partial charge in [-0.1, -0.05) is 11.8 Å². The quantitative estimate of drug-likeness (QED) is 0.492. The van der Waals surface area contributed by atoms with Crippen LogP contribution in [0.4, 0.5) is 16.0 Å². The van der Waals surface area contributed by atoms with Crippen LogP contribution in [0.15, 0.2) is 35.5 Å². The Bertz CT molecular complexity index is 1100. The molecule has 0 aliphatic heterocycles. The molecule has 2 heterocycles. The lowest BCUT2D eigenvalue weighted by atomic mass is 10.2. The first kappa shape index (κ1) is 20.4. The Morgan fingerprint density at radius 3 is 2.59 bits per heavy atom. The third-order valence-corrected chi connectivity index (χ3v) is 5.20. The van der Waals surface area contributed by atoms with Crippen molar-refractivity contribution >= 4 is 29.3 Å². The third-order valence-electron chi connectivity index (χ3n) is 4.35. The van der Waals surface area contributed by atoms with Gasteiger partial charge in [0.2, 0.25) is 5.91 Å². The number of nitrogens with two attached hydrogens (primary N) is 1. The van der Waals surface area contributed by atoms with Gasteiger partial charge in [-0.3, -0.25) is 9.36 Å². The summed E-state index contributed by atoms with van der Waals surface area (Å²) >= 11 is 1.15. The number of thioether (sulfide) groups is 1. The molecule has 0 aliphatic rings. The zero-order valence-electron chi connectivity index (χ0n) is 16.2. The molecule has 29 heavy (non-hydrogen) atoms. The van der Waals surface area contributed by atoms with Crippen molar-refractivity contribution in [1.82, 2.24) is 14.5 Å². The van der Waals surface area contributed by atoms with Gasteiger partial charge in [-0.15, -0.1) is 0 Å². The van der Waals surface area contributed by atoms with E-state index in [2.05, 4.69) is 21.4 Å². The summed E-state index contributed by atoms with van der Waals surface area (Å²) in [5, 5.41) is 12.8. The van der Waals surface area contributed by atoms with Crippen molar-refractivity contribution in [2.75, 3.05) is 16.8 Å². The molecule has 148 valence electrons. The van der Waals surface area contributed by atoms with Crippen molar-refractivity contribution in [3.05, 3.63) is 58.7 Å². The number of anilines is 2. The van der Waals surface area contributed by atoms with E-state index in [1.807, 2.05) is 13.8 Å². The summed E-state index contributed by atoms with van der Waals surface area (Å²) < 4.78 is 15.1. The van der Waals surface area contributed by atoms with Crippen LogP contribution in [0.1, 0.15) is 22.5 Å². The van der Waals surface area contributed by atoms with Gasteiger partial charge in [0, 0.05) is 23.1 Å². The number of hydrogen-bond acceptors (Lipinski definition) is 6. The number of nitrogens with zero attached hydrogens (tertiary/aromatic N) is 4. The smallest absolute Gasteiger partial charge is 0.236 e. The summed E-state index contributed by atoms with van der Waals surface area (Å²) in [6, 6.07) is 9.63. The molecule has 3 N–H and O–H groups in total. The standard InChI is InChI=1S/C20H19FN6OS/c1-11-8-17(23)25-20(24-11)29-10-18(28)26-19-16(9-22)12(2)13(3)27(19)15-6-4-14(21)5-7-15/h4-8H,10H2,1-3H3,(H,26,28)(H2,23,24,25). The van der Waals surface area contributed by atoms with Gasteiger partial charge in [0.1, 0.15) is 23.5 Å². The number of carbonyl (C=O) groups is 1. The Kier molecular flexibility index (Phi) is 5.84. The van der Waals surface area contributed by atoms with E-state index in [0.29, 0.717) is 33.7 Å². The minimum absolute atomic E-state index is 0.0421. The van der Waals surface area contributed by atoms with E-state index >= 15 is 0 Å². The highest BCUT2D eigenvalue weighted by molar-refractivity contribution is 7.99. The number of nitrogen functional groups attached to an aromatic ring is 1. The van der Waals surface area contributed by atoms with Gasteiger partial charge >= 0.3 is 0 Å². The molecule has 3 rings (SSSR count). The second kappa shape index (κ2) is 8.32. The van der Waals surface area contributed by atoms with Gasteiger partial charge in [0.05, 0.1) is 11.3 Å². The number of benzene rings is 1. The number of nitrogens with one attached hydrogen (secondary N) is 1. The maximum Gasteiger partial charge on any atom is 0.236 e. The van der Waals surface area contributed by atoms with Gasteiger partial charge in [0.25, 0.3) is 0 Å². The molecule has 0 spiro atoms. The number of aromatic nitrogens is 3. The van der Waals surface area contributed by atoms with Crippen LogP contribution in [0.3, 0.4) is 0 Å². The molecule has 0 fully saturated rings. The van der Waals surface area contributed by atoms with E-state index in [1.54, 1.807) is 29.7 Å². The predicted molar refractivity (Wildman–Crippen MR) is 110 cm³/mol. The average Bonchev–Trinajstić information content (AvgIpc) is 2.90. The topological polar surface area (TPSA) is 110 Å². The lowest BCUT2D eigenvalue weighted by molar-refractivity contribution is -0.113. The molecule has 0 atom stereocenters. The summed E-state index contributed by atoms with van der Waals surface area (Å²) in [6.07, 6.45) is 0. The number of nitriles is 1. The van der Waals surface area contributed by atoms with Crippen LogP contribution >= 0.6 is 11.8 Å². The Hall–Kier alpha value is -3.38. The minimum atomic E-state index is -0.366. The summed E-state index contributed by atoms with van der Waals surface area (Å²) in [5.74, 6) is 0.0414. The molecular weight excluding hydrogens is 391 g/mol. The highest BCUT2D eigenvalue weighted by Crippen LogP contribution is 2.30. The van der Waals surface area contributed by atoms with E-state index in [9.17, 15) is 14.4 Å². The number of carbonyl (C=O) groups excluding carboxylic acids is 1. The zero-order valence-corrected chi connectivity index (χ0v) is 17.0. The highest BCUT2D eigenvalue weighted by Gasteiger charge is 2.21. The fraction of sp³-hybridized carbons (Fsp3) is 0.200. The van der Waals surface area contributed by atoms with Crippen LogP contribution in [0, 0.1) is 37.9 Å². The van der Waals surface area contributed by atoms with Crippen LogP contribution in [0.5, 0.6) is 0 Å². The van der Waals surface area contributed by atoms with E-state index in [-0.39, 0.29) is 17.5 Å².